The van der Waals surface area contributed by atoms with Crippen molar-refractivity contribution in [2.24, 2.45) is 7.05 Å². The van der Waals surface area contributed by atoms with Gasteiger partial charge in [-0.3, -0.25) is 4.90 Å². The Hall–Kier alpha value is -1.01. The third-order valence-corrected chi connectivity index (χ3v) is 4.41. The highest BCUT2D eigenvalue weighted by Gasteiger charge is 2.36. The molecule has 6 nitrogen and oxygen atoms in total. The van der Waals surface area contributed by atoms with Crippen LogP contribution in [0.25, 0.3) is 0 Å². The van der Waals surface area contributed by atoms with Crippen molar-refractivity contribution in [3.63, 3.8) is 0 Å². The van der Waals surface area contributed by atoms with Crippen LogP contribution in [0.3, 0.4) is 0 Å². The van der Waals surface area contributed by atoms with Crippen molar-refractivity contribution in [1.29, 1.82) is 0 Å². The van der Waals surface area contributed by atoms with Crippen LogP contribution in [0.2, 0.25) is 0 Å². The monoisotopic (exact) mass is 280 g/mol. The van der Waals surface area contributed by atoms with Gasteiger partial charge >= 0.3 is 0 Å². The number of rotatable bonds is 6. The van der Waals surface area contributed by atoms with Gasteiger partial charge in [0.05, 0.1) is 7.05 Å². The number of likely N-dealkylation sites (tertiary alicyclic amines) is 1. The lowest BCUT2D eigenvalue weighted by atomic mass is 9.87. The van der Waals surface area contributed by atoms with Gasteiger partial charge in [0.2, 0.25) is 0 Å². The summed E-state index contributed by atoms with van der Waals surface area (Å²) >= 11 is 0. The summed E-state index contributed by atoms with van der Waals surface area (Å²) < 4.78 is 0. The van der Waals surface area contributed by atoms with Gasteiger partial charge in [0.1, 0.15) is 0 Å². The minimum absolute atomic E-state index is 0.107. The molecule has 0 amide bonds. The average molecular weight is 280 g/mol. The maximum Gasteiger partial charge on any atom is 0.176 e. The van der Waals surface area contributed by atoms with Gasteiger partial charge in [-0.15, -0.1) is 10.2 Å². The fourth-order valence-corrected chi connectivity index (χ4v) is 3.10. The van der Waals surface area contributed by atoms with Crippen molar-refractivity contribution in [2.75, 3.05) is 19.6 Å². The summed E-state index contributed by atoms with van der Waals surface area (Å²) in [6.45, 7) is 10.2. The van der Waals surface area contributed by atoms with E-state index in [1.165, 1.54) is 37.1 Å². The summed E-state index contributed by atoms with van der Waals surface area (Å²) in [4.78, 5) is 4.15. The lowest BCUT2D eigenvalue weighted by molar-refractivity contribution is 0.0609. The third-order valence-electron chi connectivity index (χ3n) is 4.41. The van der Waals surface area contributed by atoms with Crippen molar-refractivity contribution < 1.29 is 0 Å². The highest BCUT2D eigenvalue weighted by Crippen LogP contribution is 2.25. The molecule has 1 aliphatic heterocycles. The first-order valence-electron chi connectivity index (χ1n) is 7.75. The largest absolute Gasteiger partial charge is 0.312 e. The van der Waals surface area contributed by atoms with E-state index >= 15 is 0 Å². The Morgan fingerprint density at radius 1 is 1.25 bits per heavy atom. The first-order chi connectivity index (χ1) is 9.54. The second kappa shape index (κ2) is 6.63. The molecule has 2 heterocycles. The smallest absolute Gasteiger partial charge is 0.176 e. The Morgan fingerprint density at radius 2 is 1.95 bits per heavy atom. The first kappa shape index (κ1) is 15.4. The molecule has 0 saturated carbocycles. The molecule has 1 fully saturated rings. The van der Waals surface area contributed by atoms with E-state index < -0.39 is 0 Å². The van der Waals surface area contributed by atoms with E-state index in [-0.39, 0.29) is 5.54 Å². The number of nitrogens with zero attached hydrogens (tertiary/aromatic N) is 5. The lowest BCUT2D eigenvalue weighted by Gasteiger charge is -2.46. The SMILES string of the molecule is CCNC(Cc1nnn(C)n1)C(C)(C)N1CCCCC1. The van der Waals surface area contributed by atoms with Crippen LogP contribution in [0.15, 0.2) is 0 Å². The molecule has 2 rings (SSSR count). The molecule has 20 heavy (non-hydrogen) atoms. The number of tetrazole rings is 1. The molecule has 6 heteroatoms. The predicted octanol–water partition coefficient (Wildman–Crippen LogP) is 0.995. The van der Waals surface area contributed by atoms with Crippen LogP contribution in [-0.2, 0) is 13.5 Å². The van der Waals surface area contributed by atoms with Crippen molar-refractivity contribution in [2.45, 2.75) is 58.0 Å². The summed E-state index contributed by atoms with van der Waals surface area (Å²) in [5, 5.41) is 16.0. The molecule has 1 N–H and O–H groups in total. The number of nitrogens with one attached hydrogen (secondary N) is 1. The van der Waals surface area contributed by atoms with E-state index in [1.54, 1.807) is 0 Å². The molecule has 1 aliphatic rings. The predicted molar refractivity (Wildman–Crippen MR) is 79.5 cm³/mol. The molecule has 1 aromatic rings. The van der Waals surface area contributed by atoms with E-state index in [0.29, 0.717) is 6.04 Å². The minimum Gasteiger partial charge on any atom is -0.312 e. The quantitative estimate of drug-likeness (QED) is 0.842. The van der Waals surface area contributed by atoms with E-state index in [9.17, 15) is 0 Å². The van der Waals surface area contributed by atoms with E-state index in [4.69, 9.17) is 0 Å². The number of piperidine rings is 1. The Morgan fingerprint density at radius 3 is 2.50 bits per heavy atom. The molecule has 1 saturated heterocycles. The lowest BCUT2D eigenvalue weighted by Crippen LogP contribution is -2.59. The Bertz CT molecular complexity index is 408. The van der Waals surface area contributed by atoms with Gasteiger partial charge in [0.25, 0.3) is 0 Å². The fraction of sp³-hybridized carbons (Fsp3) is 0.929. The topological polar surface area (TPSA) is 58.9 Å². The van der Waals surface area contributed by atoms with Gasteiger partial charge < -0.3 is 5.32 Å². The molecule has 0 radical (unpaired) electrons. The van der Waals surface area contributed by atoms with Gasteiger partial charge in [0.15, 0.2) is 5.82 Å². The summed E-state index contributed by atoms with van der Waals surface area (Å²) in [5.41, 5.74) is 0.107. The Kier molecular flexibility index (Phi) is 5.10. The molecule has 1 unspecified atom stereocenters. The van der Waals surface area contributed by atoms with Crippen molar-refractivity contribution in [3.8, 4) is 0 Å². The third kappa shape index (κ3) is 3.55. The number of hydrogen-bond acceptors (Lipinski definition) is 5. The van der Waals surface area contributed by atoms with E-state index in [1.807, 2.05) is 7.05 Å². The maximum absolute atomic E-state index is 4.33. The highest BCUT2D eigenvalue weighted by molar-refractivity contribution is 4.99. The fourth-order valence-electron chi connectivity index (χ4n) is 3.10. The summed E-state index contributed by atoms with van der Waals surface area (Å²) in [5.74, 6) is 0.823. The van der Waals surface area contributed by atoms with E-state index in [2.05, 4.69) is 46.4 Å². The summed E-state index contributed by atoms with van der Waals surface area (Å²) in [7, 11) is 1.81. The molecule has 1 aromatic heterocycles. The second-order valence-electron chi connectivity index (χ2n) is 6.21. The molecular formula is C14H28N6. The molecule has 0 aliphatic carbocycles. The number of likely N-dealkylation sites (N-methyl/N-ethyl adjacent to an activating group) is 1. The summed E-state index contributed by atoms with van der Waals surface area (Å²) in [6.07, 6.45) is 4.81. The molecule has 0 spiro atoms. The summed E-state index contributed by atoms with van der Waals surface area (Å²) in [6, 6.07) is 0.342. The number of hydrogen-bond donors (Lipinski definition) is 1. The van der Waals surface area contributed by atoms with E-state index in [0.717, 1.165) is 18.8 Å². The van der Waals surface area contributed by atoms with Crippen LogP contribution in [0.1, 0.15) is 45.9 Å². The first-order valence-corrected chi connectivity index (χ1v) is 7.75. The zero-order valence-corrected chi connectivity index (χ0v) is 13.3. The normalized spacial score (nSPS) is 19.2. The van der Waals surface area contributed by atoms with Crippen LogP contribution < -0.4 is 5.32 Å². The Labute approximate surface area is 121 Å². The minimum atomic E-state index is 0.107. The zero-order chi connectivity index (χ0) is 14.6. The molecule has 0 aromatic carbocycles. The van der Waals surface area contributed by atoms with Crippen LogP contribution in [0.5, 0.6) is 0 Å². The van der Waals surface area contributed by atoms with Crippen LogP contribution in [0, 0.1) is 0 Å². The van der Waals surface area contributed by atoms with Gasteiger partial charge in [-0.05, 0) is 51.5 Å². The maximum atomic E-state index is 4.33. The van der Waals surface area contributed by atoms with Crippen molar-refractivity contribution >= 4 is 0 Å². The van der Waals surface area contributed by atoms with Gasteiger partial charge in [-0.25, -0.2) is 0 Å². The second-order valence-corrected chi connectivity index (χ2v) is 6.21. The van der Waals surface area contributed by atoms with Gasteiger partial charge in [0, 0.05) is 18.0 Å². The van der Waals surface area contributed by atoms with Crippen LogP contribution in [-0.4, -0.2) is 56.3 Å². The number of aromatic nitrogens is 4. The zero-order valence-electron chi connectivity index (χ0n) is 13.3. The number of aryl methyl sites for hydroxylation is 1. The molecule has 114 valence electrons. The molecule has 1 atom stereocenters. The highest BCUT2D eigenvalue weighted by atomic mass is 15.6. The standard InChI is InChI=1S/C14H28N6/c1-5-15-12(11-13-16-18-19(4)17-13)14(2,3)20-9-7-6-8-10-20/h12,15H,5-11H2,1-4H3. The van der Waals surface area contributed by atoms with Crippen molar-refractivity contribution in [3.05, 3.63) is 5.82 Å². The van der Waals surface area contributed by atoms with Gasteiger partial charge in [-0.1, -0.05) is 13.3 Å². The average Bonchev–Trinajstić information content (AvgIpc) is 2.85. The van der Waals surface area contributed by atoms with Gasteiger partial charge in [-0.2, -0.15) is 4.80 Å². The molecule has 0 bridgehead atoms. The Balaban J connectivity index is 2.08. The molecular weight excluding hydrogens is 252 g/mol. The van der Waals surface area contributed by atoms with Crippen LogP contribution >= 0.6 is 0 Å². The van der Waals surface area contributed by atoms with Crippen LogP contribution in [0.4, 0.5) is 0 Å². The van der Waals surface area contributed by atoms with Crippen molar-refractivity contribution in [1.82, 2.24) is 30.4 Å².